The zero-order valence-electron chi connectivity index (χ0n) is 26.4. The molecule has 0 aromatic carbocycles. The van der Waals surface area contributed by atoms with Crippen LogP contribution in [0, 0.1) is 54.8 Å². The van der Waals surface area contributed by atoms with Gasteiger partial charge in [-0.25, -0.2) is 9.59 Å². The van der Waals surface area contributed by atoms with E-state index < -0.39 is 11.4 Å². The van der Waals surface area contributed by atoms with E-state index in [4.69, 9.17) is 18.9 Å². The zero-order chi connectivity index (χ0) is 28.8. The van der Waals surface area contributed by atoms with Crippen molar-refractivity contribution in [3.05, 3.63) is 31.7 Å². The van der Waals surface area contributed by atoms with E-state index in [0.717, 1.165) is 25.7 Å². The van der Waals surface area contributed by atoms with Crippen LogP contribution in [0.25, 0.3) is 0 Å². The number of hydrogen-bond donors (Lipinski definition) is 1. The Kier molecular flexibility index (Phi) is 10.9. The van der Waals surface area contributed by atoms with Crippen LogP contribution in [0.2, 0.25) is 0 Å². The number of carbonyl (C=O) groups is 3. The number of carbonyl (C=O) groups excluding carboxylic acids is 3. The normalized spacial score (nSPS) is 41.9. The summed E-state index contributed by atoms with van der Waals surface area (Å²) in [7, 11) is 0. The predicted molar refractivity (Wildman–Crippen MR) is 154 cm³/mol. The Morgan fingerprint density at radius 3 is 1.76 bits per heavy atom. The molecular formula is C32H47ClMgO8. The van der Waals surface area contributed by atoms with Gasteiger partial charge in [0.05, 0.1) is 11.5 Å². The molecule has 11 unspecified atom stereocenters. The molecule has 10 heteroatoms. The molecule has 42 heavy (non-hydrogen) atoms. The summed E-state index contributed by atoms with van der Waals surface area (Å²) in [5.74, 6) is 0.0837. The largest absolute Gasteiger partial charge is 2.00 e. The number of esters is 3. The standard InChI is InChI=1S/C16H24O4.C15H20O4.CH3.ClH.Mg/c1-8(2)14(17)19-11-7-9-6-10(11)13-12(9)16(5,18)20-15(13,3)4;1-7(2)13(16)18-10-6-8-5-9(10)12-11(8)14(17)19-15(12,3)4;;;/h9-13,18H,1,6-7H2,2-5H3;8-12H,1,5-6H2,2-4H3;1H3;1H;/q;;-1;;+2/p-1. The molecular weight excluding hydrogens is 572 g/mol. The SMILES string of the molecule is C=C(C)C(=O)OC1CC2CC1C1C2C(=O)OC1(C)C.C=C(C)C(=O)OC1CC2CC1C1C2C(C)(O)OC1(C)C.[CH3-].[Cl-].[Mg+2]. The third-order valence-corrected chi connectivity index (χ3v) is 10.4. The smallest absolute Gasteiger partial charge is 1.00 e. The van der Waals surface area contributed by atoms with Gasteiger partial charge >= 0.3 is 41.0 Å². The number of halogens is 1. The van der Waals surface area contributed by atoms with Gasteiger partial charge in [0.1, 0.15) is 17.8 Å². The first kappa shape index (κ1) is 37.1. The number of aliphatic hydroxyl groups is 1. The summed E-state index contributed by atoms with van der Waals surface area (Å²) >= 11 is 0. The summed E-state index contributed by atoms with van der Waals surface area (Å²) in [6.45, 7) is 20.4. The molecule has 0 radical (unpaired) electrons. The van der Waals surface area contributed by atoms with Crippen LogP contribution < -0.4 is 12.4 Å². The van der Waals surface area contributed by atoms with Crippen LogP contribution in [0.3, 0.4) is 0 Å². The molecule has 2 aliphatic heterocycles. The van der Waals surface area contributed by atoms with Gasteiger partial charge in [0.15, 0.2) is 5.79 Å². The Morgan fingerprint density at radius 1 is 0.810 bits per heavy atom. The minimum Gasteiger partial charge on any atom is -1.00 e. The third-order valence-electron chi connectivity index (χ3n) is 10.4. The van der Waals surface area contributed by atoms with Crippen LogP contribution in [-0.2, 0) is 33.3 Å². The number of hydrogen-bond acceptors (Lipinski definition) is 8. The maximum atomic E-state index is 12.0. The van der Waals surface area contributed by atoms with E-state index in [1.54, 1.807) is 20.8 Å². The molecule has 4 aliphatic carbocycles. The molecule has 8 nitrogen and oxygen atoms in total. The summed E-state index contributed by atoms with van der Waals surface area (Å²) in [5, 5.41) is 10.5. The molecule has 2 saturated heterocycles. The van der Waals surface area contributed by atoms with E-state index in [0.29, 0.717) is 23.0 Å². The van der Waals surface area contributed by atoms with E-state index >= 15 is 0 Å². The van der Waals surface area contributed by atoms with Crippen molar-refractivity contribution in [2.75, 3.05) is 0 Å². The second-order valence-electron chi connectivity index (χ2n) is 14.1. The number of fused-ring (bicyclic) bond motifs is 10. The predicted octanol–water partition coefficient (Wildman–Crippen LogP) is 1.42. The van der Waals surface area contributed by atoms with Crippen molar-refractivity contribution >= 4 is 41.0 Å². The first-order chi connectivity index (χ1) is 17.9. The molecule has 0 aromatic rings. The maximum absolute atomic E-state index is 12.0. The van der Waals surface area contributed by atoms with Crippen molar-refractivity contribution in [3.8, 4) is 0 Å². The number of rotatable bonds is 4. The van der Waals surface area contributed by atoms with Gasteiger partial charge in [0, 0.05) is 40.7 Å². The van der Waals surface area contributed by atoms with Crippen LogP contribution in [0.15, 0.2) is 24.3 Å². The third kappa shape index (κ3) is 6.06. The van der Waals surface area contributed by atoms with Crippen molar-refractivity contribution in [1.29, 1.82) is 0 Å². The molecule has 6 aliphatic rings. The fourth-order valence-electron chi connectivity index (χ4n) is 9.42. The van der Waals surface area contributed by atoms with Crippen molar-refractivity contribution < 1.29 is 50.8 Å². The van der Waals surface area contributed by atoms with Crippen LogP contribution in [0.4, 0.5) is 0 Å². The van der Waals surface area contributed by atoms with Gasteiger partial charge < -0.3 is 43.9 Å². The first-order valence-electron chi connectivity index (χ1n) is 14.3. The Morgan fingerprint density at radius 2 is 1.26 bits per heavy atom. The van der Waals surface area contributed by atoms with Crippen molar-refractivity contribution in [3.63, 3.8) is 0 Å². The average molecular weight is 619 g/mol. The van der Waals surface area contributed by atoms with Gasteiger partial charge in [-0.15, -0.1) is 0 Å². The summed E-state index contributed by atoms with van der Waals surface area (Å²) in [6, 6.07) is 0. The maximum Gasteiger partial charge on any atom is 2.00 e. The van der Waals surface area contributed by atoms with E-state index in [1.165, 1.54) is 0 Å². The van der Waals surface area contributed by atoms with E-state index in [-0.39, 0.29) is 114 Å². The second-order valence-corrected chi connectivity index (χ2v) is 14.1. The quantitative estimate of drug-likeness (QED) is 0.166. The van der Waals surface area contributed by atoms with Crippen LogP contribution >= 0.6 is 0 Å². The van der Waals surface area contributed by atoms with Gasteiger partial charge in [-0.3, -0.25) is 4.79 Å². The van der Waals surface area contributed by atoms with E-state index in [9.17, 15) is 19.5 Å². The molecule has 11 atom stereocenters. The topological polar surface area (TPSA) is 108 Å². The van der Waals surface area contributed by atoms with Crippen LogP contribution in [0.1, 0.15) is 74.1 Å². The molecule has 0 aromatic heterocycles. The monoisotopic (exact) mass is 618 g/mol. The van der Waals surface area contributed by atoms with Crippen molar-refractivity contribution in [2.45, 2.75) is 103 Å². The summed E-state index contributed by atoms with van der Waals surface area (Å²) in [4.78, 5) is 35.4. The Hall–Kier alpha value is -1.13. The first-order valence-corrected chi connectivity index (χ1v) is 14.3. The number of ether oxygens (including phenoxy) is 4. The Balaban J connectivity index is 0.000000274. The summed E-state index contributed by atoms with van der Waals surface area (Å²) < 4.78 is 22.5. The molecule has 0 spiro atoms. The van der Waals surface area contributed by atoms with Gasteiger partial charge in [-0.05, 0) is 86.0 Å². The van der Waals surface area contributed by atoms with E-state index in [2.05, 4.69) is 13.2 Å². The number of cyclic esters (lactones) is 1. The molecule has 4 bridgehead atoms. The van der Waals surface area contributed by atoms with Gasteiger partial charge in [0.25, 0.3) is 0 Å². The van der Waals surface area contributed by atoms with Crippen molar-refractivity contribution in [2.24, 2.45) is 47.3 Å². The van der Waals surface area contributed by atoms with Crippen molar-refractivity contribution in [1.82, 2.24) is 0 Å². The molecule has 4 saturated carbocycles. The minimum atomic E-state index is -1.06. The van der Waals surface area contributed by atoms with Crippen LogP contribution in [-0.4, -0.2) is 75.3 Å². The minimum absolute atomic E-state index is 0. The zero-order valence-corrected chi connectivity index (χ0v) is 28.6. The van der Waals surface area contributed by atoms with E-state index in [1.807, 2.05) is 27.7 Å². The fourth-order valence-corrected chi connectivity index (χ4v) is 9.42. The van der Waals surface area contributed by atoms with Gasteiger partial charge in [-0.1, -0.05) is 13.2 Å². The summed E-state index contributed by atoms with van der Waals surface area (Å²) in [5.41, 5.74) is 0.0627. The second kappa shape index (κ2) is 12.3. The molecule has 6 rings (SSSR count). The molecule has 2 heterocycles. The van der Waals surface area contributed by atoms with Crippen LogP contribution in [0.5, 0.6) is 0 Å². The molecule has 1 N–H and O–H groups in total. The molecule has 232 valence electrons. The Labute approximate surface area is 273 Å². The van der Waals surface area contributed by atoms with Gasteiger partial charge in [0.2, 0.25) is 0 Å². The summed E-state index contributed by atoms with van der Waals surface area (Å²) in [6.07, 6.45) is 3.48. The Bertz CT molecular complexity index is 1120. The fraction of sp³-hybridized carbons (Fsp3) is 0.750. The molecule has 6 fully saturated rings. The molecule has 0 amide bonds. The van der Waals surface area contributed by atoms with Gasteiger partial charge in [-0.2, -0.15) is 0 Å². The average Bonchev–Trinajstić information content (AvgIpc) is 3.60.